The molecule has 18 heavy (non-hydrogen) atoms. The molecule has 94 valence electrons. The third-order valence-electron chi connectivity index (χ3n) is 3.23. The molecule has 0 spiro atoms. The standard InChI is InChI=1S/C13H13BrN2O2/c1-16-7-15-6-10(16)13-5-11(17)9-3-2-8(14)4-12(9)18-13/h2-4,6-7,11,13,17H,5H2,1H3. The van der Waals surface area contributed by atoms with E-state index in [9.17, 15) is 5.11 Å². The van der Waals surface area contributed by atoms with Crippen LogP contribution in [0, 0.1) is 0 Å². The summed E-state index contributed by atoms with van der Waals surface area (Å²) in [5.74, 6) is 0.731. The molecule has 2 heterocycles. The van der Waals surface area contributed by atoms with Crippen molar-refractivity contribution < 1.29 is 9.84 Å². The van der Waals surface area contributed by atoms with Crippen LogP contribution in [0.1, 0.15) is 29.9 Å². The second kappa shape index (κ2) is 4.40. The Bertz CT molecular complexity index is 582. The van der Waals surface area contributed by atoms with Crippen molar-refractivity contribution in [3.05, 3.63) is 46.5 Å². The monoisotopic (exact) mass is 308 g/mol. The van der Waals surface area contributed by atoms with Gasteiger partial charge in [-0.1, -0.05) is 22.0 Å². The Hall–Kier alpha value is -1.33. The molecule has 0 aliphatic carbocycles. The van der Waals surface area contributed by atoms with Gasteiger partial charge >= 0.3 is 0 Å². The van der Waals surface area contributed by atoms with E-state index in [2.05, 4.69) is 20.9 Å². The second-order valence-corrected chi connectivity index (χ2v) is 5.39. The van der Waals surface area contributed by atoms with Gasteiger partial charge < -0.3 is 14.4 Å². The van der Waals surface area contributed by atoms with Crippen LogP contribution in [-0.4, -0.2) is 14.7 Å². The van der Waals surface area contributed by atoms with E-state index in [0.29, 0.717) is 6.42 Å². The summed E-state index contributed by atoms with van der Waals surface area (Å²) in [6.07, 6.45) is 3.41. The fourth-order valence-corrected chi connectivity index (χ4v) is 2.62. The fourth-order valence-electron chi connectivity index (χ4n) is 2.28. The zero-order valence-electron chi connectivity index (χ0n) is 9.88. The highest BCUT2D eigenvalue weighted by Gasteiger charge is 2.29. The zero-order chi connectivity index (χ0) is 12.7. The average Bonchev–Trinajstić information content (AvgIpc) is 2.74. The lowest BCUT2D eigenvalue weighted by atomic mass is 9.98. The molecule has 1 aliphatic heterocycles. The van der Waals surface area contributed by atoms with E-state index in [-0.39, 0.29) is 6.10 Å². The van der Waals surface area contributed by atoms with Crippen molar-refractivity contribution in [3.8, 4) is 5.75 Å². The molecule has 2 aromatic rings. The number of aliphatic hydroxyl groups excluding tert-OH is 1. The van der Waals surface area contributed by atoms with Gasteiger partial charge in [0.05, 0.1) is 24.3 Å². The number of aliphatic hydroxyl groups is 1. The lowest BCUT2D eigenvalue weighted by Gasteiger charge is -2.29. The first-order chi connectivity index (χ1) is 8.65. The van der Waals surface area contributed by atoms with Crippen LogP contribution < -0.4 is 4.74 Å². The highest BCUT2D eigenvalue weighted by atomic mass is 79.9. The third-order valence-corrected chi connectivity index (χ3v) is 3.72. The van der Waals surface area contributed by atoms with Gasteiger partial charge in [0.2, 0.25) is 0 Å². The molecule has 0 saturated carbocycles. The number of hydrogen-bond acceptors (Lipinski definition) is 3. The molecule has 1 aliphatic rings. The van der Waals surface area contributed by atoms with Gasteiger partial charge in [0.1, 0.15) is 11.9 Å². The molecule has 1 aromatic heterocycles. The van der Waals surface area contributed by atoms with Crippen molar-refractivity contribution in [2.75, 3.05) is 0 Å². The predicted molar refractivity (Wildman–Crippen MR) is 70.3 cm³/mol. The molecule has 4 nitrogen and oxygen atoms in total. The molecule has 5 heteroatoms. The van der Waals surface area contributed by atoms with Crippen molar-refractivity contribution in [1.82, 2.24) is 9.55 Å². The van der Waals surface area contributed by atoms with Crippen LogP contribution in [0.5, 0.6) is 5.75 Å². The van der Waals surface area contributed by atoms with Crippen molar-refractivity contribution in [1.29, 1.82) is 0 Å². The number of ether oxygens (including phenoxy) is 1. The minimum atomic E-state index is -0.498. The van der Waals surface area contributed by atoms with E-state index >= 15 is 0 Å². The highest BCUT2D eigenvalue weighted by Crippen LogP contribution is 2.41. The number of hydrogen-bond donors (Lipinski definition) is 1. The number of imidazole rings is 1. The number of benzene rings is 1. The molecule has 2 unspecified atom stereocenters. The Balaban J connectivity index is 1.98. The van der Waals surface area contributed by atoms with Gasteiger partial charge in [0, 0.05) is 23.5 Å². The van der Waals surface area contributed by atoms with Gasteiger partial charge in [0.25, 0.3) is 0 Å². The number of aromatic nitrogens is 2. The van der Waals surface area contributed by atoms with E-state index < -0.39 is 6.10 Å². The Morgan fingerprint density at radius 1 is 1.50 bits per heavy atom. The van der Waals surface area contributed by atoms with Crippen LogP contribution in [0.3, 0.4) is 0 Å². The number of aryl methyl sites for hydroxylation is 1. The molecule has 0 bridgehead atoms. The van der Waals surface area contributed by atoms with Gasteiger partial charge in [-0.25, -0.2) is 4.98 Å². The summed E-state index contributed by atoms with van der Waals surface area (Å²) in [6.45, 7) is 0. The van der Waals surface area contributed by atoms with Crippen LogP contribution in [0.25, 0.3) is 0 Å². The molecular weight excluding hydrogens is 296 g/mol. The number of fused-ring (bicyclic) bond motifs is 1. The van der Waals surface area contributed by atoms with Crippen LogP contribution in [0.15, 0.2) is 35.2 Å². The van der Waals surface area contributed by atoms with Crippen LogP contribution in [0.2, 0.25) is 0 Å². The summed E-state index contributed by atoms with van der Waals surface area (Å²) < 4.78 is 8.82. The predicted octanol–water partition coefficient (Wildman–Crippen LogP) is 2.74. The van der Waals surface area contributed by atoms with Crippen molar-refractivity contribution in [2.24, 2.45) is 7.05 Å². The van der Waals surface area contributed by atoms with Crippen molar-refractivity contribution >= 4 is 15.9 Å². The zero-order valence-corrected chi connectivity index (χ0v) is 11.5. The summed E-state index contributed by atoms with van der Waals surface area (Å²) in [4.78, 5) is 4.09. The van der Waals surface area contributed by atoms with Gasteiger partial charge in [-0.15, -0.1) is 0 Å². The maximum absolute atomic E-state index is 10.2. The van der Waals surface area contributed by atoms with Gasteiger partial charge in [-0.2, -0.15) is 0 Å². The van der Waals surface area contributed by atoms with Crippen LogP contribution in [-0.2, 0) is 7.05 Å². The van der Waals surface area contributed by atoms with Crippen LogP contribution in [0.4, 0.5) is 0 Å². The Kier molecular flexibility index (Phi) is 2.87. The number of rotatable bonds is 1. The molecule has 0 amide bonds. The summed E-state index contributed by atoms with van der Waals surface area (Å²) in [5, 5.41) is 10.2. The maximum atomic E-state index is 10.2. The first kappa shape index (κ1) is 11.7. The molecule has 1 N–H and O–H groups in total. The summed E-state index contributed by atoms with van der Waals surface area (Å²) in [6, 6.07) is 5.69. The smallest absolute Gasteiger partial charge is 0.143 e. The van der Waals surface area contributed by atoms with E-state index in [1.165, 1.54) is 0 Å². The normalized spacial score (nSPS) is 22.4. The Morgan fingerprint density at radius 3 is 3.06 bits per heavy atom. The van der Waals surface area contributed by atoms with E-state index in [1.807, 2.05) is 29.8 Å². The van der Waals surface area contributed by atoms with E-state index in [1.54, 1.807) is 12.5 Å². The third kappa shape index (κ3) is 1.93. The van der Waals surface area contributed by atoms with E-state index in [0.717, 1.165) is 21.5 Å². The number of halogens is 1. The van der Waals surface area contributed by atoms with E-state index in [4.69, 9.17) is 4.74 Å². The molecule has 0 fully saturated rings. The van der Waals surface area contributed by atoms with Gasteiger partial charge in [-0.3, -0.25) is 0 Å². The van der Waals surface area contributed by atoms with Crippen molar-refractivity contribution in [2.45, 2.75) is 18.6 Å². The quantitative estimate of drug-likeness (QED) is 0.881. The molecule has 0 radical (unpaired) electrons. The lowest BCUT2D eigenvalue weighted by Crippen LogP contribution is -2.20. The van der Waals surface area contributed by atoms with Gasteiger partial charge in [0.15, 0.2) is 0 Å². The molecule has 1 aromatic carbocycles. The molecular formula is C13H13BrN2O2. The largest absolute Gasteiger partial charge is 0.484 e. The first-order valence-electron chi connectivity index (χ1n) is 5.75. The minimum Gasteiger partial charge on any atom is -0.484 e. The summed E-state index contributed by atoms with van der Waals surface area (Å²) in [7, 11) is 1.93. The van der Waals surface area contributed by atoms with Crippen LogP contribution >= 0.6 is 15.9 Å². The minimum absolute atomic E-state index is 0.158. The average molecular weight is 309 g/mol. The molecule has 0 saturated heterocycles. The summed E-state index contributed by atoms with van der Waals surface area (Å²) in [5.41, 5.74) is 1.82. The topological polar surface area (TPSA) is 47.3 Å². The molecule has 2 atom stereocenters. The molecule has 3 rings (SSSR count). The Labute approximate surface area is 113 Å². The van der Waals surface area contributed by atoms with Crippen molar-refractivity contribution in [3.63, 3.8) is 0 Å². The maximum Gasteiger partial charge on any atom is 0.143 e. The number of nitrogens with zero attached hydrogens (tertiary/aromatic N) is 2. The highest BCUT2D eigenvalue weighted by molar-refractivity contribution is 9.10. The fraction of sp³-hybridized carbons (Fsp3) is 0.308. The summed E-state index contributed by atoms with van der Waals surface area (Å²) >= 11 is 3.41. The SMILES string of the molecule is Cn1cncc1C1CC(O)c2ccc(Br)cc2O1. The lowest BCUT2D eigenvalue weighted by molar-refractivity contribution is 0.0622. The van der Waals surface area contributed by atoms with Gasteiger partial charge in [-0.05, 0) is 12.1 Å². The Morgan fingerprint density at radius 2 is 2.33 bits per heavy atom. The first-order valence-corrected chi connectivity index (χ1v) is 6.55. The second-order valence-electron chi connectivity index (χ2n) is 4.47.